The van der Waals surface area contributed by atoms with E-state index in [0.717, 1.165) is 4.90 Å². The third-order valence-corrected chi connectivity index (χ3v) is 6.47. The van der Waals surface area contributed by atoms with Crippen molar-refractivity contribution in [1.82, 2.24) is 20.4 Å². The van der Waals surface area contributed by atoms with Gasteiger partial charge < -0.3 is 25.5 Å². The zero-order valence-corrected chi connectivity index (χ0v) is 19.0. The number of rotatable bonds is 9. The van der Waals surface area contributed by atoms with Gasteiger partial charge in [-0.2, -0.15) is 9.89 Å². The number of pyridine rings is 1. The summed E-state index contributed by atoms with van der Waals surface area (Å²) in [5.41, 5.74) is 6.04. The van der Waals surface area contributed by atoms with Gasteiger partial charge in [0.25, 0.3) is 11.8 Å². The van der Waals surface area contributed by atoms with Crippen molar-refractivity contribution in [3.05, 3.63) is 52.1 Å². The number of amides is 2. The third kappa shape index (κ3) is 4.68. The van der Waals surface area contributed by atoms with Crippen LogP contribution in [0.15, 0.2) is 50.7 Å². The minimum atomic E-state index is -1.27. The van der Waals surface area contributed by atoms with E-state index in [1.807, 2.05) is 0 Å². The summed E-state index contributed by atoms with van der Waals surface area (Å²) in [6, 6.07) is 2.15. The van der Waals surface area contributed by atoms with E-state index in [1.54, 1.807) is 29.1 Å². The van der Waals surface area contributed by atoms with Gasteiger partial charge in [-0.3, -0.25) is 14.5 Å². The number of β-lactam (4-membered cyclic amide) rings is 1. The summed E-state index contributed by atoms with van der Waals surface area (Å²) < 4.78 is 6.36. The maximum absolute atomic E-state index is 12.9. The molecule has 0 radical (unpaired) electrons. The predicted molar refractivity (Wildman–Crippen MR) is 118 cm³/mol. The maximum Gasteiger partial charge on any atom is 0.352 e. The predicted octanol–water partition coefficient (Wildman–Crippen LogP) is -1.00. The van der Waals surface area contributed by atoms with Crippen LogP contribution in [0.4, 0.5) is 6.01 Å². The quantitative estimate of drug-likeness (QED) is 0.124. The molecule has 15 nitrogen and oxygen atoms in total. The Balaban J connectivity index is 1.53. The Hall–Kier alpha value is -4.34. The number of carboxylic acids is 1. The smallest absolute Gasteiger partial charge is 0.352 e. The highest BCUT2D eigenvalue weighted by Crippen LogP contribution is 2.40. The molecule has 2 amide bonds. The lowest BCUT2D eigenvalue weighted by Crippen LogP contribution is -2.71. The summed E-state index contributed by atoms with van der Waals surface area (Å²) >= 11 is 1.30. The molecule has 0 bridgehead atoms. The fourth-order valence-corrected chi connectivity index (χ4v) is 5.02. The highest BCUT2D eigenvalue weighted by molar-refractivity contribution is 8.00. The monoisotopic (exact) mass is 503 g/mol. The van der Waals surface area contributed by atoms with E-state index >= 15 is 0 Å². The molecule has 2 aromatic rings. The number of carbonyl (C=O) groups excluding carboxylic acids is 2. The van der Waals surface area contributed by atoms with Crippen LogP contribution in [0.5, 0.6) is 0 Å². The second kappa shape index (κ2) is 9.88. The van der Waals surface area contributed by atoms with Crippen molar-refractivity contribution < 1.29 is 33.4 Å². The SMILES string of the molecule is CON=C(C(=O)NC1C(=O)N2C(C(=O)O)=C(C[n+]3cccc(CN=O)c3)CS[C@@H]12)c1noc(N)n1. The highest BCUT2D eigenvalue weighted by Gasteiger charge is 2.54. The summed E-state index contributed by atoms with van der Waals surface area (Å²) in [7, 11) is 1.21. The molecule has 4 heterocycles. The summed E-state index contributed by atoms with van der Waals surface area (Å²) in [5.74, 6) is -2.63. The molecule has 0 saturated carbocycles. The van der Waals surface area contributed by atoms with Gasteiger partial charge in [-0.25, -0.2) is 9.36 Å². The van der Waals surface area contributed by atoms with Gasteiger partial charge in [-0.1, -0.05) is 15.5 Å². The standard InChI is InChI=1S/C19H18N8O7S/c1-33-24-11(14-23-19(20)34-25-14)15(28)22-12-16(29)27-13(18(30)31)10(8-35-17(12)27)7-26-4-2-3-9(6-26)5-21-32/h2-4,6,12,17H,5,7-8H2,1H3,(H3-,20,22,23,25,28,30,31)/p+1/t12?,17-/m0/s1. The van der Waals surface area contributed by atoms with Crippen molar-refractivity contribution in [3.63, 3.8) is 0 Å². The first-order valence-electron chi connectivity index (χ1n) is 10.0. The van der Waals surface area contributed by atoms with Crippen molar-refractivity contribution in [3.8, 4) is 0 Å². The van der Waals surface area contributed by atoms with Gasteiger partial charge in [0.05, 0.1) is 0 Å². The molecule has 1 unspecified atom stereocenters. The number of nitrogens with two attached hydrogens (primary N) is 1. The van der Waals surface area contributed by atoms with E-state index in [2.05, 4.69) is 35.2 Å². The molecule has 0 spiro atoms. The van der Waals surface area contributed by atoms with Crippen LogP contribution in [0.25, 0.3) is 0 Å². The Morgan fingerprint density at radius 2 is 2.29 bits per heavy atom. The fraction of sp³-hybridized carbons (Fsp3) is 0.316. The number of carboxylic acid groups (broad SMARTS) is 1. The van der Waals surface area contributed by atoms with Crippen LogP contribution in [0.1, 0.15) is 11.4 Å². The number of nitrogens with one attached hydrogen (secondary N) is 1. The Morgan fingerprint density at radius 3 is 2.94 bits per heavy atom. The van der Waals surface area contributed by atoms with Gasteiger partial charge in [0, 0.05) is 23.0 Å². The number of hydrogen-bond donors (Lipinski definition) is 3. The molecule has 4 rings (SSSR count). The van der Waals surface area contributed by atoms with Gasteiger partial charge in [0.15, 0.2) is 18.9 Å². The molecule has 1 saturated heterocycles. The fourth-order valence-electron chi connectivity index (χ4n) is 3.68. The number of anilines is 1. The molecular weight excluding hydrogens is 484 g/mol. The molecule has 35 heavy (non-hydrogen) atoms. The Morgan fingerprint density at radius 1 is 1.49 bits per heavy atom. The van der Waals surface area contributed by atoms with Crippen LogP contribution in [-0.4, -0.2) is 67.9 Å². The van der Waals surface area contributed by atoms with Gasteiger partial charge in [-0.15, -0.1) is 11.8 Å². The molecule has 182 valence electrons. The van der Waals surface area contributed by atoms with Crippen LogP contribution >= 0.6 is 11.8 Å². The van der Waals surface area contributed by atoms with E-state index in [9.17, 15) is 24.4 Å². The van der Waals surface area contributed by atoms with Gasteiger partial charge in [0.1, 0.15) is 30.8 Å². The Kier molecular flexibility index (Phi) is 6.72. The number of aliphatic carboxylic acids is 1. The lowest BCUT2D eigenvalue weighted by atomic mass is 10.0. The molecule has 1 fully saturated rings. The van der Waals surface area contributed by atoms with Gasteiger partial charge >= 0.3 is 12.0 Å². The van der Waals surface area contributed by atoms with Crippen LogP contribution in [0, 0.1) is 4.91 Å². The van der Waals surface area contributed by atoms with Crippen molar-refractivity contribution >= 4 is 41.3 Å². The average Bonchev–Trinajstić information content (AvgIpc) is 3.26. The summed E-state index contributed by atoms with van der Waals surface area (Å²) in [6.45, 7) is 0.179. The molecule has 16 heteroatoms. The zero-order valence-electron chi connectivity index (χ0n) is 18.2. The van der Waals surface area contributed by atoms with Crippen molar-refractivity contribution in [2.24, 2.45) is 10.3 Å². The second-order valence-electron chi connectivity index (χ2n) is 7.37. The van der Waals surface area contributed by atoms with E-state index < -0.39 is 29.2 Å². The lowest BCUT2D eigenvalue weighted by molar-refractivity contribution is -0.689. The molecule has 0 aromatic carbocycles. The normalized spacial score (nSPS) is 19.6. The summed E-state index contributed by atoms with van der Waals surface area (Å²) in [6.07, 6.45) is 3.41. The summed E-state index contributed by atoms with van der Waals surface area (Å²) in [5, 5.41) is 21.7. The largest absolute Gasteiger partial charge is 0.477 e. The number of nitrogens with zero attached hydrogens (tertiary/aromatic N) is 6. The number of fused-ring (bicyclic) bond motifs is 1. The molecular formula is C19H19N8O7S+. The van der Waals surface area contributed by atoms with Crippen LogP contribution in [0.3, 0.4) is 0 Å². The molecule has 2 atom stereocenters. The topological polar surface area (TPSA) is 207 Å². The first-order valence-corrected chi connectivity index (χ1v) is 11.1. The van der Waals surface area contributed by atoms with E-state index in [4.69, 9.17) is 5.73 Å². The van der Waals surface area contributed by atoms with E-state index in [0.29, 0.717) is 16.9 Å². The Labute approximate surface area is 200 Å². The molecule has 2 aromatic heterocycles. The molecule has 4 N–H and O–H groups in total. The minimum Gasteiger partial charge on any atom is -0.477 e. The average molecular weight is 503 g/mol. The number of oxime groups is 1. The zero-order chi connectivity index (χ0) is 25.1. The van der Waals surface area contributed by atoms with Gasteiger partial charge in [-0.05, 0) is 6.07 Å². The summed E-state index contributed by atoms with van der Waals surface area (Å²) in [4.78, 5) is 57.8. The minimum absolute atomic E-state index is 0.0146. The third-order valence-electron chi connectivity index (χ3n) is 5.13. The number of hydrogen-bond acceptors (Lipinski definition) is 12. The molecule has 2 aliphatic heterocycles. The van der Waals surface area contributed by atoms with Crippen LogP contribution < -0.4 is 15.6 Å². The first kappa shape index (κ1) is 23.8. The molecule has 0 aliphatic carbocycles. The van der Waals surface area contributed by atoms with Gasteiger partial charge in [0.2, 0.25) is 11.5 Å². The highest BCUT2D eigenvalue weighted by atomic mass is 32.2. The second-order valence-corrected chi connectivity index (χ2v) is 8.47. The van der Waals surface area contributed by atoms with Crippen molar-refractivity contribution in [1.29, 1.82) is 0 Å². The van der Waals surface area contributed by atoms with E-state index in [1.165, 1.54) is 18.9 Å². The van der Waals surface area contributed by atoms with Crippen LogP contribution in [-0.2, 0) is 32.3 Å². The lowest BCUT2D eigenvalue weighted by Gasteiger charge is -2.49. The number of carbonyl (C=O) groups is 3. The van der Waals surface area contributed by atoms with Crippen LogP contribution in [0.2, 0.25) is 0 Å². The maximum atomic E-state index is 12.9. The number of thioether (sulfide) groups is 1. The number of nitroso groups, excluding NO2 is 1. The first-order chi connectivity index (χ1) is 16.8. The Bertz CT molecular complexity index is 1260. The number of aromatic nitrogens is 3. The molecule has 2 aliphatic rings. The van der Waals surface area contributed by atoms with Crippen molar-refractivity contribution in [2.45, 2.75) is 24.5 Å². The van der Waals surface area contributed by atoms with Crippen molar-refractivity contribution in [2.75, 3.05) is 18.6 Å². The number of nitrogen functional groups attached to an aromatic ring is 1. The van der Waals surface area contributed by atoms with E-state index in [-0.39, 0.29) is 36.3 Å².